The number of nitriles is 1. The summed E-state index contributed by atoms with van der Waals surface area (Å²) in [6.45, 7) is 0. The van der Waals surface area contributed by atoms with Gasteiger partial charge in [-0.1, -0.05) is 52.6 Å². The smallest absolute Gasteiger partial charge is 0.263 e. The molecule has 0 N–H and O–H groups in total. The molecule has 112 valence electrons. The van der Waals surface area contributed by atoms with Gasteiger partial charge in [0, 0.05) is 0 Å². The van der Waals surface area contributed by atoms with Crippen LogP contribution in [0.15, 0.2) is 58.6 Å². The molecule has 5 nitrogen and oxygen atoms in total. The van der Waals surface area contributed by atoms with E-state index in [1.54, 1.807) is 18.2 Å². The molecule has 8 heteroatoms. The molecule has 22 heavy (non-hydrogen) atoms. The van der Waals surface area contributed by atoms with E-state index >= 15 is 0 Å². The Morgan fingerprint density at radius 1 is 1.05 bits per heavy atom. The first-order chi connectivity index (χ1) is 10.5. The van der Waals surface area contributed by atoms with Gasteiger partial charge in [0.25, 0.3) is 0 Å². The summed E-state index contributed by atoms with van der Waals surface area (Å²) in [5, 5.41) is 12.8. The number of halogens is 2. The first-order valence-electron chi connectivity index (χ1n) is 5.87. The SMILES string of the molecule is N#C/C(=N\OS(=O)(=O)c1ccccc1)c1c(Cl)cccc1Cl. The molecule has 0 aliphatic carbocycles. The predicted molar refractivity (Wildman–Crippen MR) is 83.3 cm³/mol. The molecule has 0 aliphatic rings. The summed E-state index contributed by atoms with van der Waals surface area (Å²) in [4.78, 5) is -0.0821. The Hall–Kier alpha value is -2.07. The summed E-state index contributed by atoms with van der Waals surface area (Å²) in [5.74, 6) is 0. The molecule has 0 aromatic heterocycles. The highest BCUT2D eigenvalue weighted by molar-refractivity contribution is 7.86. The maximum atomic E-state index is 11.9. The molecule has 0 heterocycles. The van der Waals surface area contributed by atoms with Crippen molar-refractivity contribution in [2.24, 2.45) is 5.16 Å². The Morgan fingerprint density at radius 3 is 2.18 bits per heavy atom. The van der Waals surface area contributed by atoms with Crippen molar-refractivity contribution in [3.05, 3.63) is 64.1 Å². The van der Waals surface area contributed by atoms with Gasteiger partial charge in [0.05, 0.1) is 15.6 Å². The van der Waals surface area contributed by atoms with Gasteiger partial charge in [0.1, 0.15) is 11.0 Å². The van der Waals surface area contributed by atoms with E-state index in [1.807, 2.05) is 0 Å². The van der Waals surface area contributed by atoms with E-state index in [0.29, 0.717) is 0 Å². The van der Waals surface area contributed by atoms with Crippen LogP contribution in [0.5, 0.6) is 0 Å². The van der Waals surface area contributed by atoms with E-state index in [-0.39, 0.29) is 26.2 Å². The fraction of sp³-hybridized carbons (Fsp3) is 0. The van der Waals surface area contributed by atoms with Gasteiger partial charge in [-0.2, -0.15) is 13.7 Å². The van der Waals surface area contributed by atoms with Crippen LogP contribution in [0.25, 0.3) is 0 Å². The first-order valence-corrected chi connectivity index (χ1v) is 8.03. The lowest BCUT2D eigenvalue weighted by atomic mass is 10.1. The summed E-state index contributed by atoms with van der Waals surface area (Å²) in [6.07, 6.45) is 0. The van der Waals surface area contributed by atoms with Crippen molar-refractivity contribution in [2.45, 2.75) is 4.90 Å². The van der Waals surface area contributed by atoms with Gasteiger partial charge in [-0.25, -0.2) is 0 Å². The third kappa shape index (κ3) is 3.57. The molecule has 0 radical (unpaired) electrons. The molecule has 0 saturated carbocycles. The maximum Gasteiger partial charge on any atom is 0.358 e. The molecule has 0 saturated heterocycles. The van der Waals surface area contributed by atoms with E-state index < -0.39 is 10.1 Å². The van der Waals surface area contributed by atoms with Gasteiger partial charge in [-0.15, -0.1) is 0 Å². The van der Waals surface area contributed by atoms with E-state index in [4.69, 9.17) is 28.5 Å². The molecule has 0 amide bonds. The van der Waals surface area contributed by atoms with Gasteiger partial charge in [-0.05, 0) is 24.3 Å². The summed E-state index contributed by atoms with van der Waals surface area (Å²) in [5.41, 5.74) is -0.230. The highest BCUT2D eigenvalue weighted by atomic mass is 35.5. The number of hydrogen-bond acceptors (Lipinski definition) is 5. The molecule has 0 fully saturated rings. The summed E-state index contributed by atoms with van der Waals surface area (Å²) < 4.78 is 28.5. The lowest BCUT2D eigenvalue weighted by Crippen LogP contribution is -2.06. The predicted octanol–water partition coefficient (Wildman–Crippen LogP) is 3.63. The van der Waals surface area contributed by atoms with Gasteiger partial charge in [0.2, 0.25) is 0 Å². The van der Waals surface area contributed by atoms with Crippen molar-refractivity contribution in [1.82, 2.24) is 0 Å². The van der Waals surface area contributed by atoms with Crippen LogP contribution in [0.2, 0.25) is 10.0 Å². The third-order valence-electron chi connectivity index (χ3n) is 2.56. The molecule has 2 aromatic rings. The molecule has 0 aliphatic heterocycles. The Morgan fingerprint density at radius 2 is 1.64 bits per heavy atom. The third-order valence-corrected chi connectivity index (χ3v) is 4.31. The average Bonchev–Trinajstić information content (AvgIpc) is 2.51. The van der Waals surface area contributed by atoms with Crippen molar-refractivity contribution in [2.75, 3.05) is 0 Å². The Balaban J connectivity index is 2.38. The van der Waals surface area contributed by atoms with Gasteiger partial charge in [-0.3, -0.25) is 4.28 Å². The topological polar surface area (TPSA) is 79.5 Å². The zero-order valence-electron chi connectivity index (χ0n) is 10.9. The van der Waals surface area contributed by atoms with Crippen molar-refractivity contribution in [3.8, 4) is 6.07 Å². The molecular weight excluding hydrogens is 347 g/mol. The number of rotatable bonds is 4. The summed E-state index contributed by atoms with van der Waals surface area (Å²) in [7, 11) is -4.12. The lowest BCUT2D eigenvalue weighted by Gasteiger charge is -2.05. The fourth-order valence-electron chi connectivity index (χ4n) is 1.56. The Kier molecular flexibility index (Phi) is 5.03. The minimum absolute atomic E-state index is 0.0821. The molecule has 0 atom stereocenters. The summed E-state index contributed by atoms with van der Waals surface area (Å²) >= 11 is 11.9. The molecule has 2 rings (SSSR count). The first kappa shape index (κ1) is 16.3. The van der Waals surface area contributed by atoms with Crippen molar-refractivity contribution < 1.29 is 12.7 Å². The molecule has 2 aromatic carbocycles. The van der Waals surface area contributed by atoms with Crippen molar-refractivity contribution in [3.63, 3.8) is 0 Å². The number of nitrogens with zero attached hydrogens (tertiary/aromatic N) is 2. The number of hydrogen-bond donors (Lipinski definition) is 0. The Labute approximate surface area is 137 Å². The highest BCUT2D eigenvalue weighted by Gasteiger charge is 2.18. The van der Waals surface area contributed by atoms with E-state index in [9.17, 15) is 8.42 Å². The number of oxime groups is 1. The lowest BCUT2D eigenvalue weighted by molar-refractivity contribution is 0.339. The van der Waals surface area contributed by atoms with Crippen LogP contribution in [0.1, 0.15) is 5.56 Å². The van der Waals surface area contributed by atoms with Crippen LogP contribution >= 0.6 is 23.2 Å². The number of benzene rings is 2. The standard InChI is InChI=1S/C14H8Cl2N2O3S/c15-11-7-4-8-12(16)14(11)13(9-17)18-21-22(19,20)10-5-2-1-3-6-10/h1-8H/b18-13+. The minimum atomic E-state index is -4.12. The van der Waals surface area contributed by atoms with Gasteiger partial charge < -0.3 is 0 Å². The summed E-state index contributed by atoms with van der Waals surface area (Å²) in [6, 6.07) is 13.7. The minimum Gasteiger partial charge on any atom is -0.263 e. The molecule has 0 spiro atoms. The largest absolute Gasteiger partial charge is 0.358 e. The monoisotopic (exact) mass is 354 g/mol. The zero-order valence-corrected chi connectivity index (χ0v) is 13.2. The van der Waals surface area contributed by atoms with Crippen LogP contribution in [0.4, 0.5) is 0 Å². The second kappa shape index (κ2) is 6.79. The quantitative estimate of drug-likeness (QED) is 0.620. The Bertz CT molecular complexity index is 839. The second-order valence-electron chi connectivity index (χ2n) is 3.99. The van der Waals surface area contributed by atoms with E-state index in [1.165, 1.54) is 36.4 Å². The second-order valence-corrected chi connectivity index (χ2v) is 6.33. The van der Waals surface area contributed by atoms with Crippen LogP contribution in [-0.2, 0) is 14.4 Å². The zero-order chi connectivity index (χ0) is 16.2. The fourth-order valence-corrected chi connectivity index (χ4v) is 2.89. The molecule has 0 bridgehead atoms. The van der Waals surface area contributed by atoms with E-state index in [2.05, 4.69) is 9.44 Å². The van der Waals surface area contributed by atoms with E-state index in [0.717, 1.165) is 0 Å². The molecule has 0 unspecified atom stereocenters. The van der Waals surface area contributed by atoms with Crippen LogP contribution in [-0.4, -0.2) is 14.1 Å². The van der Waals surface area contributed by atoms with Crippen molar-refractivity contribution in [1.29, 1.82) is 5.26 Å². The van der Waals surface area contributed by atoms with Crippen LogP contribution in [0.3, 0.4) is 0 Å². The highest BCUT2D eigenvalue weighted by Crippen LogP contribution is 2.25. The maximum absolute atomic E-state index is 11.9. The molecular formula is C14H8Cl2N2O3S. The van der Waals surface area contributed by atoms with Crippen LogP contribution in [0, 0.1) is 11.3 Å². The van der Waals surface area contributed by atoms with Gasteiger partial charge in [0.15, 0.2) is 5.71 Å². The van der Waals surface area contributed by atoms with Crippen LogP contribution < -0.4 is 0 Å². The normalized spacial score (nSPS) is 11.8. The average molecular weight is 355 g/mol. The van der Waals surface area contributed by atoms with Crippen molar-refractivity contribution >= 4 is 39.0 Å². The van der Waals surface area contributed by atoms with Gasteiger partial charge >= 0.3 is 10.1 Å².